The van der Waals surface area contributed by atoms with Crippen LogP contribution in [0.15, 0.2) is 47.9 Å². The van der Waals surface area contributed by atoms with Gasteiger partial charge in [-0.2, -0.15) is 0 Å². The average molecular weight is 632 g/mol. The number of nitrogens with two attached hydrogens (primary N) is 1. The molecule has 1 unspecified atom stereocenters. The Hall–Kier alpha value is -3.82. The van der Waals surface area contributed by atoms with Crippen molar-refractivity contribution in [2.24, 2.45) is 5.73 Å². The molecule has 3 atom stereocenters. The number of pyridine rings is 1. The van der Waals surface area contributed by atoms with Crippen LogP contribution in [0.25, 0.3) is 22.1 Å². The summed E-state index contributed by atoms with van der Waals surface area (Å²) in [6.07, 6.45) is 8.35. The molecule has 0 aliphatic carbocycles. The van der Waals surface area contributed by atoms with Gasteiger partial charge in [0.05, 0.1) is 30.9 Å². The Morgan fingerprint density at radius 3 is 2.66 bits per heavy atom. The Labute approximate surface area is 260 Å². The number of hydroxylamine groups is 1. The minimum atomic E-state index is -0.940. The van der Waals surface area contributed by atoms with Crippen LogP contribution in [0.4, 0.5) is 10.5 Å². The summed E-state index contributed by atoms with van der Waals surface area (Å²) >= 11 is 6.04. The molecule has 5 rings (SSSR count). The number of aliphatic hydroxyl groups excluding tert-OH is 1. The summed E-state index contributed by atoms with van der Waals surface area (Å²) in [5, 5.41) is 21.9. The molecular weight excluding hydrogens is 590 g/mol. The third-order valence-corrected chi connectivity index (χ3v) is 7.42. The van der Waals surface area contributed by atoms with Gasteiger partial charge in [-0.05, 0) is 76.5 Å². The molecule has 1 fully saturated rings. The van der Waals surface area contributed by atoms with Crippen molar-refractivity contribution in [2.75, 3.05) is 31.6 Å². The number of hydrogen-bond donors (Lipinski definition) is 6. The second-order valence-electron chi connectivity index (χ2n) is 10.2. The van der Waals surface area contributed by atoms with Crippen LogP contribution in [-0.4, -0.2) is 84.1 Å². The standard InChI is InChI=1S/C18H26ClN3.C10H12N4O3.CH4N2O2/c1-4-22(5-2)12-6-7-14(3)21-17-10-11-20-18-13-15(19)8-9-16(17)18;15-3-6-1-2-7(17-6)14-5-13-8-9(14)11-4-12-10(8)16;2-1(4)3-5/h8-11,13-14H,4-7,12H2,1-3H3,(H,20,21);4-7,15H,1-3H2,(H,11,12,16);5H,(H3,2,3,4)/t;6-,7+;/m.0./s1. The van der Waals surface area contributed by atoms with Crippen LogP contribution in [0.5, 0.6) is 0 Å². The summed E-state index contributed by atoms with van der Waals surface area (Å²) in [5.41, 5.74) is 8.09. The predicted octanol–water partition coefficient (Wildman–Crippen LogP) is 3.64. The molecule has 240 valence electrons. The Balaban J connectivity index is 0.000000213. The van der Waals surface area contributed by atoms with Crippen molar-refractivity contribution in [1.82, 2.24) is 34.9 Å². The Morgan fingerprint density at radius 2 is 2.00 bits per heavy atom. The van der Waals surface area contributed by atoms with Crippen LogP contribution < -0.4 is 22.1 Å². The van der Waals surface area contributed by atoms with Gasteiger partial charge in [0.2, 0.25) is 0 Å². The third kappa shape index (κ3) is 9.86. The van der Waals surface area contributed by atoms with E-state index < -0.39 is 6.03 Å². The fourth-order valence-electron chi connectivity index (χ4n) is 4.85. The summed E-state index contributed by atoms with van der Waals surface area (Å²) in [6, 6.07) is 7.41. The zero-order valence-corrected chi connectivity index (χ0v) is 26.0. The largest absolute Gasteiger partial charge is 0.394 e. The Kier molecular flexibility index (Phi) is 13.8. The molecule has 1 aliphatic heterocycles. The maximum atomic E-state index is 11.5. The van der Waals surface area contributed by atoms with E-state index in [0.717, 1.165) is 54.0 Å². The van der Waals surface area contributed by atoms with Crippen LogP contribution >= 0.6 is 11.6 Å². The molecule has 14 nitrogen and oxygen atoms in total. The number of urea groups is 1. The van der Waals surface area contributed by atoms with Crippen LogP contribution in [0, 0.1) is 0 Å². The quantitative estimate of drug-likeness (QED) is 0.111. The van der Waals surface area contributed by atoms with Crippen molar-refractivity contribution < 1.29 is 19.8 Å². The van der Waals surface area contributed by atoms with Crippen molar-refractivity contribution in [1.29, 1.82) is 0 Å². The molecule has 0 saturated carbocycles. The minimum Gasteiger partial charge on any atom is -0.394 e. The van der Waals surface area contributed by atoms with Crippen molar-refractivity contribution in [3.8, 4) is 0 Å². The number of ether oxygens (including phenoxy) is 1. The molecule has 0 radical (unpaired) electrons. The van der Waals surface area contributed by atoms with Gasteiger partial charge < -0.3 is 30.8 Å². The highest BCUT2D eigenvalue weighted by molar-refractivity contribution is 6.31. The summed E-state index contributed by atoms with van der Waals surface area (Å²) in [5.74, 6) is 0. The van der Waals surface area contributed by atoms with Crippen molar-refractivity contribution in [3.63, 3.8) is 0 Å². The number of aromatic amines is 1. The number of anilines is 1. The molecular formula is C29H42ClN9O5. The lowest BCUT2D eigenvalue weighted by Gasteiger charge is -2.20. The zero-order chi connectivity index (χ0) is 32.1. The number of fused-ring (bicyclic) bond motifs is 2. The van der Waals surface area contributed by atoms with Gasteiger partial charge in [0.25, 0.3) is 5.56 Å². The highest BCUT2D eigenvalue weighted by atomic mass is 35.5. The summed E-state index contributed by atoms with van der Waals surface area (Å²) in [6.45, 7) is 10.1. The number of primary amides is 1. The van der Waals surface area contributed by atoms with E-state index >= 15 is 0 Å². The molecule has 4 heterocycles. The van der Waals surface area contributed by atoms with Gasteiger partial charge in [-0.1, -0.05) is 25.4 Å². The Bertz CT molecular complexity index is 1530. The average Bonchev–Trinajstić information content (AvgIpc) is 3.68. The van der Waals surface area contributed by atoms with Crippen LogP contribution in [0.3, 0.4) is 0 Å². The van der Waals surface area contributed by atoms with Crippen molar-refractivity contribution in [3.05, 3.63) is 58.5 Å². The molecule has 1 aliphatic rings. The number of amides is 2. The number of carbonyl (C=O) groups excluding carboxylic acids is 1. The molecule has 2 amide bonds. The van der Waals surface area contributed by atoms with Gasteiger partial charge in [0.1, 0.15) is 6.23 Å². The first kappa shape index (κ1) is 34.7. The van der Waals surface area contributed by atoms with Gasteiger partial charge in [0.15, 0.2) is 11.2 Å². The summed E-state index contributed by atoms with van der Waals surface area (Å²) in [4.78, 5) is 38.2. The number of aliphatic hydroxyl groups is 1. The second-order valence-corrected chi connectivity index (χ2v) is 10.7. The van der Waals surface area contributed by atoms with Crippen molar-refractivity contribution >= 4 is 45.4 Å². The molecule has 3 aromatic heterocycles. The lowest BCUT2D eigenvalue weighted by molar-refractivity contribution is -0.0207. The van der Waals surface area contributed by atoms with Gasteiger partial charge >= 0.3 is 6.03 Å². The smallest absolute Gasteiger partial charge is 0.335 e. The molecule has 0 spiro atoms. The number of carbonyl (C=O) groups is 1. The number of halogens is 1. The number of imidazole rings is 1. The number of aromatic nitrogens is 5. The molecule has 7 N–H and O–H groups in total. The molecule has 1 aromatic carbocycles. The van der Waals surface area contributed by atoms with E-state index in [2.05, 4.69) is 56.7 Å². The number of H-pyrrole nitrogens is 1. The van der Waals surface area contributed by atoms with E-state index in [9.17, 15) is 9.59 Å². The first-order valence-electron chi connectivity index (χ1n) is 14.6. The van der Waals surface area contributed by atoms with Gasteiger partial charge in [-0.15, -0.1) is 0 Å². The normalized spacial score (nSPS) is 16.6. The fourth-order valence-corrected chi connectivity index (χ4v) is 5.01. The lowest BCUT2D eigenvalue weighted by atomic mass is 10.1. The fraction of sp³-hybridized carbons (Fsp3) is 0.483. The monoisotopic (exact) mass is 631 g/mol. The number of nitrogens with zero attached hydrogens (tertiary/aromatic N) is 5. The lowest BCUT2D eigenvalue weighted by Crippen LogP contribution is -2.25. The first-order chi connectivity index (χ1) is 21.2. The van der Waals surface area contributed by atoms with Gasteiger partial charge in [-0.3, -0.25) is 19.6 Å². The maximum Gasteiger partial charge on any atom is 0.335 e. The van der Waals surface area contributed by atoms with E-state index in [1.807, 2.05) is 30.5 Å². The van der Waals surface area contributed by atoms with E-state index in [-0.39, 0.29) is 24.5 Å². The predicted molar refractivity (Wildman–Crippen MR) is 170 cm³/mol. The van der Waals surface area contributed by atoms with E-state index in [4.69, 9.17) is 26.7 Å². The Morgan fingerprint density at radius 1 is 1.25 bits per heavy atom. The zero-order valence-electron chi connectivity index (χ0n) is 25.2. The highest BCUT2D eigenvalue weighted by Gasteiger charge is 2.27. The molecule has 0 bridgehead atoms. The number of benzene rings is 1. The van der Waals surface area contributed by atoms with E-state index in [1.54, 1.807) is 10.9 Å². The van der Waals surface area contributed by atoms with Crippen molar-refractivity contribution in [2.45, 2.75) is 64.8 Å². The summed E-state index contributed by atoms with van der Waals surface area (Å²) in [7, 11) is 0. The molecule has 44 heavy (non-hydrogen) atoms. The van der Waals surface area contributed by atoms with E-state index in [0.29, 0.717) is 17.2 Å². The number of nitrogens with one attached hydrogen (secondary N) is 3. The minimum absolute atomic E-state index is 0.0111. The number of hydrogen-bond acceptors (Lipinski definition) is 10. The highest BCUT2D eigenvalue weighted by Crippen LogP contribution is 2.29. The SMILES string of the molecule is CCN(CC)CCCC(C)Nc1ccnc2cc(Cl)ccc12.NC(=O)NO.O=c1[nH]cnc2c1ncn2[C@H]1CC[C@@H](CO)O1. The van der Waals surface area contributed by atoms with Crippen LogP contribution in [0.1, 0.15) is 52.7 Å². The van der Waals surface area contributed by atoms with E-state index in [1.165, 1.54) is 24.8 Å². The van der Waals surface area contributed by atoms with Crippen LogP contribution in [0.2, 0.25) is 5.02 Å². The third-order valence-electron chi connectivity index (χ3n) is 7.19. The topological polar surface area (TPSA) is 197 Å². The number of rotatable bonds is 10. The van der Waals surface area contributed by atoms with Gasteiger partial charge in [0, 0.05) is 28.3 Å². The molecule has 4 aromatic rings. The first-order valence-corrected chi connectivity index (χ1v) is 15.0. The molecule has 15 heteroatoms. The maximum absolute atomic E-state index is 11.5. The second kappa shape index (κ2) is 17.5. The van der Waals surface area contributed by atoms with Gasteiger partial charge in [-0.25, -0.2) is 20.2 Å². The molecule has 1 saturated heterocycles. The summed E-state index contributed by atoms with van der Waals surface area (Å²) < 4.78 is 7.36. The van der Waals surface area contributed by atoms with Crippen LogP contribution in [-0.2, 0) is 4.74 Å².